The number of hydrogen-bond donors (Lipinski definition) is 0. The van der Waals surface area contributed by atoms with Crippen LogP contribution in [0.1, 0.15) is 29.5 Å². The summed E-state index contributed by atoms with van der Waals surface area (Å²) in [6, 6.07) is 27.2. The molecule has 5 rings (SSSR count). The van der Waals surface area contributed by atoms with E-state index in [1.54, 1.807) is 0 Å². The fourth-order valence-corrected chi connectivity index (χ4v) is 5.04. The number of aryl methyl sites for hydroxylation is 1. The summed E-state index contributed by atoms with van der Waals surface area (Å²) in [5, 5.41) is 0. The van der Waals surface area contributed by atoms with Crippen LogP contribution >= 0.6 is 0 Å². The monoisotopic (exact) mass is 469 g/mol. The van der Waals surface area contributed by atoms with Crippen molar-refractivity contribution in [2.75, 3.05) is 44.2 Å². The van der Waals surface area contributed by atoms with Gasteiger partial charge in [0, 0.05) is 51.8 Å². The van der Waals surface area contributed by atoms with Gasteiger partial charge in [-0.3, -0.25) is 9.69 Å². The maximum Gasteiger partial charge on any atom is 0.227 e. The van der Waals surface area contributed by atoms with Gasteiger partial charge in [-0.15, -0.1) is 0 Å². The zero-order valence-electron chi connectivity index (χ0n) is 20.4. The number of hydrogen-bond acceptors (Lipinski definition) is 4. The lowest BCUT2D eigenvalue weighted by molar-refractivity contribution is -0.119. The second kappa shape index (κ2) is 11.5. The van der Waals surface area contributed by atoms with Crippen LogP contribution < -0.4 is 9.64 Å². The number of carbonyl (C=O) groups is 1. The molecule has 1 amide bonds. The van der Waals surface area contributed by atoms with E-state index in [1.807, 2.05) is 23.1 Å². The summed E-state index contributed by atoms with van der Waals surface area (Å²) in [7, 11) is 0. The maximum absolute atomic E-state index is 12.7. The van der Waals surface area contributed by atoms with Crippen molar-refractivity contribution in [1.82, 2.24) is 9.80 Å². The number of amides is 1. The van der Waals surface area contributed by atoms with Crippen LogP contribution in [-0.2, 0) is 24.3 Å². The molecule has 35 heavy (non-hydrogen) atoms. The first-order chi connectivity index (χ1) is 17.2. The molecule has 0 aromatic heterocycles. The highest BCUT2D eigenvalue weighted by molar-refractivity contribution is 5.96. The minimum atomic E-state index is 0.185. The number of nitrogens with zero attached hydrogens (tertiary/aromatic N) is 3. The SMILES string of the molecule is O=C1CCc2ccc(OCCCN3CCN(Cc4ccccc4)CC3)cc2N1Cc1ccccc1. The summed E-state index contributed by atoms with van der Waals surface area (Å²) >= 11 is 0. The molecule has 5 heteroatoms. The van der Waals surface area contributed by atoms with Crippen LogP contribution in [0, 0.1) is 0 Å². The molecule has 0 spiro atoms. The zero-order chi connectivity index (χ0) is 23.9. The number of benzene rings is 3. The minimum Gasteiger partial charge on any atom is -0.493 e. The number of piperazine rings is 1. The molecule has 0 unspecified atom stereocenters. The Labute approximate surface area is 208 Å². The lowest BCUT2D eigenvalue weighted by Gasteiger charge is -2.34. The van der Waals surface area contributed by atoms with Crippen LogP contribution in [0.5, 0.6) is 5.75 Å². The van der Waals surface area contributed by atoms with Gasteiger partial charge in [0.15, 0.2) is 0 Å². The molecule has 2 aliphatic rings. The largest absolute Gasteiger partial charge is 0.493 e. The van der Waals surface area contributed by atoms with E-state index in [1.165, 1.54) is 11.1 Å². The minimum absolute atomic E-state index is 0.185. The molecule has 0 atom stereocenters. The van der Waals surface area contributed by atoms with Crippen LogP contribution in [0.4, 0.5) is 5.69 Å². The van der Waals surface area contributed by atoms with Crippen LogP contribution in [0.25, 0.3) is 0 Å². The van der Waals surface area contributed by atoms with Gasteiger partial charge in [0.25, 0.3) is 0 Å². The van der Waals surface area contributed by atoms with Gasteiger partial charge in [0.05, 0.1) is 18.8 Å². The summed E-state index contributed by atoms with van der Waals surface area (Å²) in [4.78, 5) is 19.7. The zero-order valence-corrected chi connectivity index (χ0v) is 20.4. The normalized spacial score (nSPS) is 16.8. The van der Waals surface area contributed by atoms with Crippen molar-refractivity contribution < 1.29 is 9.53 Å². The Bertz CT molecular complexity index is 1100. The molecule has 2 aliphatic heterocycles. The summed E-state index contributed by atoms with van der Waals surface area (Å²) in [6.07, 6.45) is 2.37. The fourth-order valence-electron chi connectivity index (χ4n) is 5.04. The van der Waals surface area contributed by atoms with Crippen LogP contribution in [0.3, 0.4) is 0 Å². The van der Waals surface area contributed by atoms with Crippen molar-refractivity contribution in [2.24, 2.45) is 0 Å². The standard InChI is InChI=1S/C30H35N3O2/c34-30-15-13-27-12-14-28(22-29(27)33(30)24-26-10-5-2-6-11-26)35-21-7-16-31-17-19-32(20-18-31)23-25-8-3-1-4-9-25/h1-6,8-12,14,22H,7,13,15-21,23-24H2. The van der Waals surface area contributed by atoms with Gasteiger partial charge in [-0.2, -0.15) is 0 Å². The van der Waals surface area contributed by atoms with E-state index >= 15 is 0 Å². The van der Waals surface area contributed by atoms with Crippen molar-refractivity contribution in [3.05, 3.63) is 95.6 Å². The molecule has 0 saturated carbocycles. The highest BCUT2D eigenvalue weighted by Gasteiger charge is 2.25. The van der Waals surface area contributed by atoms with Crippen molar-refractivity contribution in [3.8, 4) is 5.75 Å². The number of anilines is 1. The van der Waals surface area contributed by atoms with E-state index in [0.29, 0.717) is 19.6 Å². The van der Waals surface area contributed by atoms with Gasteiger partial charge >= 0.3 is 0 Å². The van der Waals surface area contributed by atoms with Crippen molar-refractivity contribution in [3.63, 3.8) is 0 Å². The Morgan fingerprint density at radius 3 is 2.09 bits per heavy atom. The Balaban J connectivity index is 1.09. The van der Waals surface area contributed by atoms with Crippen LogP contribution in [0.15, 0.2) is 78.9 Å². The lowest BCUT2D eigenvalue weighted by atomic mass is 10.00. The predicted molar refractivity (Wildman–Crippen MR) is 141 cm³/mol. The molecular weight excluding hydrogens is 434 g/mol. The van der Waals surface area contributed by atoms with Crippen molar-refractivity contribution >= 4 is 11.6 Å². The maximum atomic E-state index is 12.7. The molecule has 1 fully saturated rings. The second-order valence-corrected chi connectivity index (χ2v) is 9.56. The Morgan fingerprint density at radius 1 is 0.714 bits per heavy atom. The van der Waals surface area contributed by atoms with Crippen molar-refractivity contribution in [2.45, 2.75) is 32.4 Å². The summed E-state index contributed by atoms with van der Waals surface area (Å²) in [6.45, 7) is 7.85. The number of ether oxygens (including phenoxy) is 1. The van der Waals surface area contributed by atoms with E-state index < -0.39 is 0 Å². The smallest absolute Gasteiger partial charge is 0.227 e. The Morgan fingerprint density at radius 2 is 1.37 bits per heavy atom. The summed E-state index contributed by atoms with van der Waals surface area (Å²) < 4.78 is 6.12. The van der Waals surface area contributed by atoms with E-state index in [9.17, 15) is 4.79 Å². The third kappa shape index (κ3) is 6.30. The molecule has 0 aliphatic carbocycles. The Hall–Kier alpha value is -3.15. The number of carbonyl (C=O) groups excluding carboxylic acids is 1. The van der Waals surface area contributed by atoms with Gasteiger partial charge in [-0.1, -0.05) is 66.7 Å². The van der Waals surface area contributed by atoms with E-state index in [4.69, 9.17) is 4.74 Å². The molecule has 0 radical (unpaired) electrons. The first kappa shape index (κ1) is 23.6. The average molecular weight is 470 g/mol. The topological polar surface area (TPSA) is 36.0 Å². The number of rotatable bonds is 9. The highest BCUT2D eigenvalue weighted by atomic mass is 16.5. The average Bonchev–Trinajstić information content (AvgIpc) is 2.90. The molecule has 2 heterocycles. The second-order valence-electron chi connectivity index (χ2n) is 9.56. The van der Waals surface area contributed by atoms with E-state index in [-0.39, 0.29) is 5.91 Å². The highest BCUT2D eigenvalue weighted by Crippen LogP contribution is 2.32. The molecule has 0 N–H and O–H groups in total. The first-order valence-corrected chi connectivity index (χ1v) is 12.8. The van der Waals surface area contributed by atoms with Gasteiger partial charge < -0.3 is 14.5 Å². The van der Waals surface area contributed by atoms with Crippen LogP contribution in [-0.4, -0.2) is 55.0 Å². The lowest BCUT2D eigenvalue weighted by Crippen LogP contribution is -2.46. The predicted octanol–water partition coefficient (Wildman–Crippen LogP) is 4.75. The quantitative estimate of drug-likeness (QED) is 0.424. The summed E-state index contributed by atoms with van der Waals surface area (Å²) in [5.41, 5.74) is 4.76. The molecule has 0 bridgehead atoms. The van der Waals surface area contributed by atoms with Crippen molar-refractivity contribution in [1.29, 1.82) is 0 Å². The Kier molecular flexibility index (Phi) is 7.76. The molecule has 3 aromatic rings. The van der Waals surface area contributed by atoms with Gasteiger partial charge in [0.2, 0.25) is 5.91 Å². The first-order valence-electron chi connectivity index (χ1n) is 12.8. The third-order valence-electron chi connectivity index (χ3n) is 7.04. The van der Waals surface area contributed by atoms with E-state index in [2.05, 4.69) is 70.5 Å². The van der Waals surface area contributed by atoms with Gasteiger partial charge in [-0.05, 0) is 35.6 Å². The third-order valence-corrected chi connectivity index (χ3v) is 7.04. The molecular formula is C30H35N3O2. The number of fused-ring (bicyclic) bond motifs is 1. The van der Waals surface area contributed by atoms with E-state index in [0.717, 1.165) is 69.1 Å². The van der Waals surface area contributed by atoms with Gasteiger partial charge in [0.1, 0.15) is 5.75 Å². The van der Waals surface area contributed by atoms with Gasteiger partial charge in [-0.25, -0.2) is 0 Å². The molecule has 1 saturated heterocycles. The molecule has 3 aromatic carbocycles. The molecule has 5 nitrogen and oxygen atoms in total. The summed E-state index contributed by atoms with van der Waals surface area (Å²) in [5.74, 6) is 1.04. The van der Waals surface area contributed by atoms with Crippen LogP contribution in [0.2, 0.25) is 0 Å². The fraction of sp³-hybridized carbons (Fsp3) is 0.367. The molecule has 182 valence electrons.